The lowest BCUT2D eigenvalue weighted by molar-refractivity contribution is -0.144. The van der Waals surface area contributed by atoms with E-state index in [0.29, 0.717) is 13.0 Å². The highest BCUT2D eigenvalue weighted by molar-refractivity contribution is 7.81. The smallest absolute Gasteiger partial charge is 0.319 e. The van der Waals surface area contributed by atoms with Crippen molar-refractivity contribution in [1.82, 2.24) is 0 Å². The van der Waals surface area contributed by atoms with Crippen LogP contribution in [0.15, 0.2) is 47.8 Å². The monoisotopic (exact) mass is 278 g/mol. The molecular weight excluding hydrogens is 264 g/mol. The minimum Gasteiger partial charge on any atom is -0.459 e. The van der Waals surface area contributed by atoms with Gasteiger partial charge in [0.25, 0.3) is 0 Å². The van der Waals surface area contributed by atoms with Crippen LogP contribution in [0.25, 0.3) is 0 Å². The highest BCUT2D eigenvalue weighted by Gasteiger charge is 2.16. The Morgan fingerprint density at radius 3 is 2.67 bits per heavy atom. The zero-order chi connectivity index (χ0) is 12.8. The summed E-state index contributed by atoms with van der Waals surface area (Å²) >= 11 is 5.88. The number of carbonyl (C=O) groups excluding carboxylic acids is 1. The maximum atomic E-state index is 11.7. The van der Waals surface area contributed by atoms with E-state index in [1.165, 1.54) is 0 Å². The van der Waals surface area contributed by atoms with Crippen LogP contribution in [0.1, 0.15) is 10.4 Å². The molecular formula is C14H14O2S2. The SMILES string of the molecule is O=C(OCc1cccs1)C(S)Cc1ccccc1. The van der Waals surface area contributed by atoms with Crippen LogP contribution in [-0.4, -0.2) is 11.2 Å². The van der Waals surface area contributed by atoms with Gasteiger partial charge in [-0.25, -0.2) is 0 Å². The van der Waals surface area contributed by atoms with Crippen LogP contribution < -0.4 is 0 Å². The van der Waals surface area contributed by atoms with Crippen molar-refractivity contribution in [3.8, 4) is 0 Å². The molecule has 0 spiro atoms. The molecule has 2 rings (SSSR count). The van der Waals surface area contributed by atoms with Gasteiger partial charge in [-0.2, -0.15) is 12.6 Å². The second-order valence-electron chi connectivity index (χ2n) is 3.89. The third-order valence-corrected chi connectivity index (χ3v) is 3.72. The van der Waals surface area contributed by atoms with E-state index < -0.39 is 5.25 Å². The minimum absolute atomic E-state index is 0.268. The molecule has 0 aliphatic rings. The van der Waals surface area contributed by atoms with Crippen LogP contribution in [0.4, 0.5) is 0 Å². The molecule has 1 unspecified atom stereocenters. The third kappa shape index (κ3) is 3.89. The van der Waals surface area contributed by atoms with Crippen LogP contribution in [0.3, 0.4) is 0 Å². The first-order valence-electron chi connectivity index (χ1n) is 5.67. The molecule has 0 fully saturated rings. The fourth-order valence-corrected chi connectivity index (χ4v) is 2.46. The van der Waals surface area contributed by atoms with Gasteiger partial charge in [-0.05, 0) is 23.4 Å². The summed E-state index contributed by atoms with van der Waals surface area (Å²) in [5.74, 6) is -0.268. The number of hydrogen-bond donors (Lipinski definition) is 1. The van der Waals surface area contributed by atoms with E-state index in [1.807, 2.05) is 47.8 Å². The van der Waals surface area contributed by atoms with Crippen molar-refractivity contribution >= 4 is 29.9 Å². The maximum absolute atomic E-state index is 11.7. The first kappa shape index (κ1) is 13.2. The van der Waals surface area contributed by atoms with Crippen LogP contribution in [-0.2, 0) is 22.6 Å². The van der Waals surface area contributed by atoms with Gasteiger partial charge in [-0.15, -0.1) is 11.3 Å². The summed E-state index contributed by atoms with van der Waals surface area (Å²) in [5, 5.41) is 1.55. The Hall–Kier alpha value is -1.26. The predicted molar refractivity (Wildman–Crippen MR) is 77.0 cm³/mol. The number of esters is 1. The molecule has 0 saturated heterocycles. The minimum atomic E-state index is -0.410. The summed E-state index contributed by atoms with van der Waals surface area (Å²) in [4.78, 5) is 12.8. The Bertz CT molecular complexity index is 480. The van der Waals surface area contributed by atoms with E-state index in [9.17, 15) is 4.79 Å². The standard InChI is InChI=1S/C14H14O2S2/c15-14(16-10-12-7-4-8-18-12)13(17)9-11-5-2-1-3-6-11/h1-8,13,17H,9-10H2. The average Bonchev–Trinajstić information content (AvgIpc) is 2.90. The molecule has 0 radical (unpaired) electrons. The fraction of sp³-hybridized carbons (Fsp3) is 0.214. The van der Waals surface area contributed by atoms with Gasteiger partial charge in [0.05, 0.1) is 0 Å². The van der Waals surface area contributed by atoms with Gasteiger partial charge in [-0.3, -0.25) is 4.79 Å². The summed E-state index contributed by atoms with van der Waals surface area (Å²) in [5.41, 5.74) is 1.09. The van der Waals surface area contributed by atoms with Crippen LogP contribution in [0.2, 0.25) is 0 Å². The molecule has 0 bridgehead atoms. The normalized spacial score (nSPS) is 12.1. The Kier molecular flexibility index (Phi) is 4.84. The Morgan fingerprint density at radius 1 is 1.22 bits per heavy atom. The lowest BCUT2D eigenvalue weighted by Crippen LogP contribution is -2.20. The van der Waals surface area contributed by atoms with Crippen molar-refractivity contribution in [3.63, 3.8) is 0 Å². The lowest BCUT2D eigenvalue weighted by Gasteiger charge is -2.10. The predicted octanol–water partition coefficient (Wildman–Crippen LogP) is 3.33. The number of thiophene rings is 1. The number of thiol groups is 1. The van der Waals surface area contributed by atoms with Gasteiger partial charge in [0, 0.05) is 4.88 Å². The largest absolute Gasteiger partial charge is 0.459 e. The second kappa shape index (κ2) is 6.61. The first-order valence-corrected chi connectivity index (χ1v) is 7.06. The summed E-state index contributed by atoms with van der Waals surface area (Å²) in [6, 6.07) is 13.7. The van der Waals surface area contributed by atoms with Gasteiger partial charge >= 0.3 is 5.97 Å². The molecule has 4 heteroatoms. The number of carbonyl (C=O) groups is 1. The molecule has 1 aromatic heterocycles. The van der Waals surface area contributed by atoms with Gasteiger partial charge in [0.15, 0.2) is 0 Å². The molecule has 1 aromatic carbocycles. The van der Waals surface area contributed by atoms with Crippen molar-refractivity contribution in [2.45, 2.75) is 18.3 Å². The van der Waals surface area contributed by atoms with Crippen LogP contribution in [0.5, 0.6) is 0 Å². The zero-order valence-electron chi connectivity index (χ0n) is 9.78. The van der Waals surface area contributed by atoms with E-state index in [0.717, 1.165) is 10.4 Å². The maximum Gasteiger partial charge on any atom is 0.319 e. The quantitative estimate of drug-likeness (QED) is 0.670. The summed E-state index contributed by atoms with van der Waals surface area (Å²) in [7, 11) is 0. The topological polar surface area (TPSA) is 26.3 Å². The molecule has 0 amide bonds. The highest BCUT2D eigenvalue weighted by Crippen LogP contribution is 2.13. The highest BCUT2D eigenvalue weighted by atomic mass is 32.1. The van der Waals surface area contributed by atoms with Crippen molar-refractivity contribution in [1.29, 1.82) is 0 Å². The van der Waals surface area contributed by atoms with Crippen LogP contribution in [0, 0.1) is 0 Å². The molecule has 2 aromatic rings. The first-order chi connectivity index (χ1) is 8.75. The van der Waals surface area contributed by atoms with Crippen molar-refractivity contribution < 1.29 is 9.53 Å². The average molecular weight is 278 g/mol. The number of rotatable bonds is 5. The Balaban J connectivity index is 1.82. The molecule has 0 aliphatic carbocycles. The van der Waals surface area contributed by atoms with E-state index in [1.54, 1.807) is 11.3 Å². The van der Waals surface area contributed by atoms with Gasteiger partial charge < -0.3 is 4.74 Å². The summed E-state index contributed by atoms with van der Waals surface area (Å²) in [6.07, 6.45) is 0.591. The molecule has 0 aliphatic heterocycles. The molecule has 0 N–H and O–H groups in total. The zero-order valence-corrected chi connectivity index (χ0v) is 11.5. The van der Waals surface area contributed by atoms with Crippen molar-refractivity contribution in [2.24, 2.45) is 0 Å². The Morgan fingerprint density at radius 2 is 2.00 bits per heavy atom. The molecule has 1 atom stereocenters. The second-order valence-corrected chi connectivity index (χ2v) is 5.55. The van der Waals surface area contributed by atoms with Crippen molar-refractivity contribution in [3.05, 3.63) is 58.3 Å². The van der Waals surface area contributed by atoms with Crippen molar-refractivity contribution in [2.75, 3.05) is 0 Å². The number of ether oxygens (including phenoxy) is 1. The van der Waals surface area contributed by atoms with Gasteiger partial charge in [-0.1, -0.05) is 36.4 Å². The molecule has 1 heterocycles. The lowest BCUT2D eigenvalue weighted by atomic mass is 10.1. The fourth-order valence-electron chi connectivity index (χ4n) is 1.55. The van der Waals surface area contributed by atoms with E-state index >= 15 is 0 Å². The Labute approximate surface area is 116 Å². The summed E-state index contributed by atoms with van der Waals surface area (Å²) < 4.78 is 5.22. The van der Waals surface area contributed by atoms with Gasteiger partial charge in [0.1, 0.15) is 11.9 Å². The summed E-state index contributed by atoms with van der Waals surface area (Å²) in [6.45, 7) is 0.336. The molecule has 2 nitrogen and oxygen atoms in total. The molecule has 0 saturated carbocycles. The molecule has 18 heavy (non-hydrogen) atoms. The third-order valence-electron chi connectivity index (χ3n) is 2.48. The van der Waals surface area contributed by atoms with Crippen LogP contribution >= 0.6 is 24.0 Å². The number of hydrogen-bond acceptors (Lipinski definition) is 4. The van der Waals surface area contributed by atoms with E-state index in [2.05, 4.69) is 12.6 Å². The van der Waals surface area contributed by atoms with E-state index in [-0.39, 0.29) is 5.97 Å². The van der Waals surface area contributed by atoms with E-state index in [4.69, 9.17) is 4.74 Å². The number of benzene rings is 1. The van der Waals surface area contributed by atoms with Gasteiger partial charge in [0.2, 0.25) is 0 Å². The molecule has 94 valence electrons.